The molecule has 4 rings (SSSR count). The molecule has 2 N–H and O–H groups in total. The van der Waals surface area contributed by atoms with E-state index in [1.165, 1.54) is 25.9 Å². The van der Waals surface area contributed by atoms with Crippen molar-refractivity contribution in [2.75, 3.05) is 62.5 Å². The van der Waals surface area contributed by atoms with E-state index >= 15 is 0 Å². The van der Waals surface area contributed by atoms with Gasteiger partial charge in [0.1, 0.15) is 25.1 Å². The zero-order valence-electron chi connectivity index (χ0n) is 27.6. The first-order chi connectivity index (χ1) is 23.3. The monoisotopic (exact) mass is 689 g/mol. The van der Waals surface area contributed by atoms with Crippen LogP contribution in [0.4, 0.5) is 34.6 Å². The minimum Gasteiger partial charge on any atom is -0.495 e. The topological polar surface area (TPSA) is 114 Å². The second kappa shape index (κ2) is 16.4. The Balaban J connectivity index is 1.52. The molecule has 3 atom stereocenters. The molecular formula is C34H39F4N5O6. The summed E-state index contributed by atoms with van der Waals surface area (Å²) < 4.78 is 72.4. The largest absolute Gasteiger partial charge is 0.495 e. The number of anilines is 3. The molecule has 1 aliphatic heterocycles. The molecule has 0 spiro atoms. The van der Waals surface area contributed by atoms with Crippen molar-refractivity contribution in [1.82, 2.24) is 9.47 Å². The second-order valence-corrected chi connectivity index (χ2v) is 11.6. The molecule has 15 heteroatoms. The van der Waals surface area contributed by atoms with Gasteiger partial charge >= 0.3 is 18.1 Å². The molecule has 0 saturated carbocycles. The smallest absolute Gasteiger partial charge is 0.406 e. The summed E-state index contributed by atoms with van der Waals surface area (Å²) in [4.78, 5) is 37.8. The summed E-state index contributed by atoms with van der Waals surface area (Å²) in [6, 6.07) is 10.8. The van der Waals surface area contributed by atoms with Crippen LogP contribution in [0.5, 0.6) is 5.75 Å². The summed E-state index contributed by atoms with van der Waals surface area (Å²) in [6.07, 6.45) is -5.47. The second-order valence-electron chi connectivity index (χ2n) is 11.6. The van der Waals surface area contributed by atoms with Gasteiger partial charge in [-0.3, -0.25) is 14.4 Å². The molecule has 1 fully saturated rings. The van der Waals surface area contributed by atoms with Crippen molar-refractivity contribution in [2.45, 2.75) is 51.3 Å². The van der Waals surface area contributed by atoms with Gasteiger partial charge < -0.3 is 39.2 Å². The third-order valence-corrected chi connectivity index (χ3v) is 7.80. The average molecular weight is 690 g/mol. The molecule has 11 nitrogen and oxygen atoms in total. The van der Waals surface area contributed by atoms with Crippen molar-refractivity contribution in [3.63, 3.8) is 0 Å². The first kappa shape index (κ1) is 36.9. The van der Waals surface area contributed by atoms with Crippen LogP contribution in [-0.2, 0) is 30.4 Å². The first-order valence-corrected chi connectivity index (χ1v) is 15.5. The van der Waals surface area contributed by atoms with Crippen molar-refractivity contribution in [1.29, 1.82) is 0 Å². The van der Waals surface area contributed by atoms with Crippen LogP contribution in [0.15, 0.2) is 42.5 Å². The number of rotatable bonds is 13. The van der Waals surface area contributed by atoms with E-state index in [-0.39, 0.29) is 31.9 Å². The lowest BCUT2D eigenvalue weighted by Gasteiger charge is -2.33. The Hall–Kier alpha value is -4.97. The van der Waals surface area contributed by atoms with Gasteiger partial charge in [-0.25, -0.2) is 4.39 Å². The molecule has 2 aromatic carbocycles. The van der Waals surface area contributed by atoms with Gasteiger partial charge in [-0.15, -0.1) is 0 Å². The number of benzene rings is 2. The third-order valence-electron chi connectivity index (χ3n) is 7.80. The van der Waals surface area contributed by atoms with E-state index in [1.807, 2.05) is 11.9 Å². The molecule has 0 aliphatic carbocycles. The number of nitrogens with zero attached hydrogens (tertiary/aromatic N) is 3. The van der Waals surface area contributed by atoms with Crippen LogP contribution in [0.1, 0.15) is 26.0 Å². The number of methoxy groups -OCH3 is 1. The fourth-order valence-electron chi connectivity index (χ4n) is 5.56. The van der Waals surface area contributed by atoms with Gasteiger partial charge in [0.05, 0.1) is 43.1 Å². The lowest BCUT2D eigenvalue weighted by molar-refractivity contribution is -0.155. The van der Waals surface area contributed by atoms with Gasteiger partial charge in [-0.05, 0) is 49.7 Å². The summed E-state index contributed by atoms with van der Waals surface area (Å²) in [5, 5.41) is 6.79. The number of alkyl halides is 4. The minimum atomic E-state index is -4.51. The van der Waals surface area contributed by atoms with Gasteiger partial charge in [-0.2, -0.15) is 13.2 Å². The van der Waals surface area contributed by atoms with Crippen molar-refractivity contribution in [3.05, 3.63) is 48.2 Å². The van der Waals surface area contributed by atoms with E-state index in [0.29, 0.717) is 53.1 Å². The summed E-state index contributed by atoms with van der Waals surface area (Å²) in [7, 11) is 3.26. The molecule has 264 valence electrons. The molecule has 1 saturated heterocycles. The third kappa shape index (κ3) is 10.3. The van der Waals surface area contributed by atoms with Gasteiger partial charge in [-0.1, -0.05) is 12.0 Å². The lowest BCUT2D eigenvalue weighted by atomic mass is 10.0. The molecule has 1 aromatic heterocycles. The molecule has 1 aliphatic rings. The number of amides is 1. The number of carbonyl (C=O) groups is 3. The average Bonchev–Trinajstić information content (AvgIpc) is 3.38. The number of esters is 2. The van der Waals surface area contributed by atoms with Crippen molar-refractivity contribution >= 4 is 46.3 Å². The highest BCUT2D eigenvalue weighted by molar-refractivity contribution is 5.94. The van der Waals surface area contributed by atoms with Gasteiger partial charge in [0.25, 0.3) is 0 Å². The van der Waals surface area contributed by atoms with Gasteiger partial charge in [0, 0.05) is 49.8 Å². The number of carbonyl (C=O) groups excluding carboxylic acids is 3. The van der Waals surface area contributed by atoms with E-state index in [1.54, 1.807) is 42.5 Å². The number of halogens is 4. The number of hydrogen-bond donors (Lipinski definition) is 2. The van der Waals surface area contributed by atoms with Gasteiger partial charge in [0.2, 0.25) is 6.41 Å². The number of ether oxygens (including phenoxy) is 3. The molecule has 1 amide bonds. The highest BCUT2D eigenvalue weighted by atomic mass is 19.4. The van der Waals surface area contributed by atoms with Crippen molar-refractivity contribution < 1.29 is 46.2 Å². The van der Waals surface area contributed by atoms with E-state index in [4.69, 9.17) is 14.2 Å². The van der Waals surface area contributed by atoms with Crippen LogP contribution in [0, 0.1) is 11.8 Å². The highest BCUT2D eigenvalue weighted by Crippen LogP contribution is 2.32. The standard InChI is InChI=1S/C34H39F4N5O6/c1-22(45)48-19-26(49-23(2)46)17-42(21-44)24-10-11-31(33(16-24)47-4)39-13-6-7-25-15-27-29(40-30-12-14-41(3)18-28(30)35)8-5-9-32(27)43(25)20-34(36,37)38/h5,8-11,15-16,21,26,28,30,39-40H,12-14,17-20H2,1-4H3/t26?,28-,30+/m0/s1. The van der Waals surface area contributed by atoms with Gasteiger partial charge in [0.15, 0.2) is 6.10 Å². The van der Waals surface area contributed by atoms with Crippen LogP contribution in [0.3, 0.4) is 0 Å². The number of likely N-dealkylation sites (tertiary alicyclic amines) is 1. The molecule has 3 aromatic rings. The van der Waals surface area contributed by atoms with Crippen LogP contribution in [0.25, 0.3) is 10.9 Å². The number of piperidine rings is 1. The van der Waals surface area contributed by atoms with Crippen molar-refractivity contribution in [3.8, 4) is 17.6 Å². The summed E-state index contributed by atoms with van der Waals surface area (Å²) in [6.45, 7) is 1.80. The van der Waals surface area contributed by atoms with E-state index < -0.39 is 43.0 Å². The van der Waals surface area contributed by atoms with E-state index in [2.05, 4.69) is 22.5 Å². The maximum Gasteiger partial charge on any atom is 0.406 e. The highest BCUT2D eigenvalue weighted by Gasteiger charge is 2.31. The Morgan fingerprint density at radius 1 is 1.14 bits per heavy atom. The van der Waals surface area contributed by atoms with Crippen molar-refractivity contribution in [2.24, 2.45) is 0 Å². The molecule has 2 heterocycles. The van der Waals surface area contributed by atoms with Crippen LogP contribution >= 0.6 is 0 Å². The Morgan fingerprint density at radius 2 is 1.92 bits per heavy atom. The fraction of sp³-hybridized carbons (Fsp3) is 0.441. The maximum atomic E-state index is 14.8. The Labute approximate surface area is 281 Å². The zero-order valence-corrected chi connectivity index (χ0v) is 27.6. The first-order valence-electron chi connectivity index (χ1n) is 15.5. The molecular weight excluding hydrogens is 650 g/mol. The normalized spacial score (nSPS) is 17.0. The molecule has 1 unspecified atom stereocenters. The fourth-order valence-corrected chi connectivity index (χ4v) is 5.56. The molecule has 49 heavy (non-hydrogen) atoms. The Morgan fingerprint density at radius 3 is 2.57 bits per heavy atom. The van der Waals surface area contributed by atoms with Crippen LogP contribution < -0.4 is 20.3 Å². The quantitative estimate of drug-likeness (QED) is 0.115. The summed E-state index contributed by atoms with van der Waals surface area (Å²) in [5.74, 6) is 4.86. The van der Waals surface area contributed by atoms with E-state index in [0.717, 1.165) is 4.57 Å². The Bertz CT molecular complexity index is 1700. The number of hydrogen-bond acceptors (Lipinski definition) is 9. The lowest BCUT2D eigenvalue weighted by Crippen LogP contribution is -2.46. The number of aromatic nitrogens is 1. The number of nitrogens with one attached hydrogen (secondary N) is 2. The maximum absolute atomic E-state index is 14.8. The zero-order chi connectivity index (χ0) is 35.7. The van der Waals surface area contributed by atoms with Crippen LogP contribution in [0.2, 0.25) is 0 Å². The predicted octanol–water partition coefficient (Wildman–Crippen LogP) is 4.59. The molecule has 0 bridgehead atoms. The number of fused-ring (bicyclic) bond motifs is 1. The SMILES string of the molecule is COc1cc(N(C=O)CC(COC(C)=O)OC(C)=O)ccc1NCC#Cc1cc2c(N[C@@H]3CCN(C)C[C@@H]3F)cccc2n1CC(F)(F)F. The predicted molar refractivity (Wildman–Crippen MR) is 176 cm³/mol. The Kier molecular flexibility index (Phi) is 12.4. The minimum absolute atomic E-state index is 0.0295. The molecule has 0 radical (unpaired) electrons. The summed E-state index contributed by atoms with van der Waals surface area (Å²) >= 11 is 0. The summed E-state index contributed by atoms with van der Waals surface area (Å²) in [5.41, 5.74) is 1.89. The van der Waals surface area contributed by atoms with E-state index in [9.17, 15) is 31.9 Å². The van der Waals surface area contributed by atoms with Crippen LogP contribution in [-0.4, -0.2) is 99.3 Å².